The van der Waals surface area contributed by atoms with Crippen LogP contribution in [0.25, 0.3) is 0 Å². The molecule has 0 fully saturated rings. The van der Waals surface area contributed by atoms with E-state index in [2.05, 4.69) is 9.72 Å². The van der Waals surface area contributed by atoms with Crippen LogP contribution < -0.4 is 5.73 Å². The second-order valence-corrected chi connectivity index (χ2v) is 2.32. The highest BCUT2D eigenvalue weighted by Crippen LogP contribution is 2.07. The van der Waals surface area contributed by atoms with Gasteiger partial charge in [0.2, 0.25) is 0 Å². The minimum absolute atomic E-state index is 0.202. The van der Waals surface area contributed by atoms with Crippen LogP contribution in [0.5, 0.6) is 0 Å². The Labute approximate surface area is 70.4 Å². The standard InChI is InChI=1S/C8H10N2O2/c9-8(5-12-6-11)7-1-3-10-4-2-7/h1-4,6,8H,5,9H2. The Kier molecular flexibility index (Phi) is 3.22. The molecule has 0 aliphatic heterocycles. The molecule has 0 radical (unpaired) electrons. The maximum atomic E-state index is 9.85. The molecule has 0 saturated heterocycles. The van der Waals surface area contributed by atoms with Crippen molar-refractivity contribution < 1.29 is 9.53 Å². The zero-order valence-corrected chi connectivity index (χ0v) is 6.51. The van der Waals surface area contributed by atoms with Crippen molar-refractivity contribution in [1.29, 1.82) is 0 Å². The maximum Gasteiger partial charge on any atom is 0.293 e. The van der Waals surface area contributed by atoms with Crippen LogP contribution in [0.3, 0.4) is 0 Å². The molecule has 1 unspecified atom stereocenters. The maximum absolute atomic E-state index is 9.85. The molecule has 0 aliphatic carbocycles. The molecule has 1 aromatic rings. The van der Waals surface area contributed by atoms with E-state index in [0.29, 0.717) is 6.47 Å². The number of rotatable bonds is 4. The highest BCUT2D eigenvalue weighted by molar-refractivity contribution is 5.37. The molecule has 2 N–H and O–H groups in total. The number of carbonyl (C=O) groups excluding carboxylic acids is 1. The Balaban J connectivity index is 2.53. The topological polar surface area (TPSA) is 65.2 Å². The van der Waals surface area contributed by atoms with Crippen LogP contribution in [0.4, 0.5) is 0 Å². The van der Waals surface area contributed by atoms with Crippen LogP contribution in [0.2, 0.25) is 0 Å². The van der Waals surface area contributed by atoms with Gasteiger partial charge in [0.15, 0.2) is 0 Å². The molecule has 0 amide bonds. The molecule has 0 spiro atoms. The molecule has 4 nitrogen and oxygen atoms in total. The SMILES string of the molecule is NC(COC=O)c1ccncc1. The van der Waals surface area contributed by atoms with E-state index in [4.69, 9.17) is 5.73 Å². The van der Waals surface area contributed by atoms with Crippen LogP contribution >= 0.6 is 0 Å². The average molecular weight is 166 g/mol. The van der Waals surface area contributed by atoms with Crippen molar-refractivity contribution in [3.63, 3.8) is 0 Å². The summed E-state index contributed by atoms with van der Waals surface area (Å²) >= 11 is 0. The summed E-state index contributed by atoms with van der Waals surface area (Å²) in [6.45, 7) is 0.592. The van der Waals surface area contributed by atoms with Gasteiger partial charge in [0.1, 0.15) is 6.61 Å². The van der Waals surface area contributed by atoms with Gasteiger partial charge in [-0.1, -0.05) is 0 Å². The molecule has 1 heterocycles. The van der Waals surface area contributed by atoms with Gasteiger partial charge in [0.05, 0.1) is 6.04 Å². The summed E-state index contributed by atoms with van der Waals surface area (Å²) in [5.74, 6) is 0. The Bertz CT molecular complexity index is 238. The molecule has 1 aromatic heterocycles. The first-order valence-electron chi connectivity index (χ1n) is 3.55. The second-order valence-electron chi connectivity index (χ2n) is 2.32. The van der Waals surface area contributed by atoms with Crippen LogP contribution in [0, 0.1) is 0 Å². The molecule has 4 heteroatoms. The number of ether oxygens (including phenoxy) is 1. The fourth-order valence-corrected chi connectivity index (χ4v) is 0.850. The first-order chi connectivity index (χ1) is 5.84. The summed E-state index contributed by atoms with van der Waals surface area (Å²) in [5, 5.41) is 0. The van der Waals surface area contributed by atoms with E-state index in [0.717, 1.165) is 5.56 Å². The molecular weight excluding hydrogens is 156 g/mol. The van der Waals surface area contributed by atoms with Crippen molar-refractivity contribution in [1.82, 2.24) is 4.98 Å². The monoisotopic (exact) mass is 166 g/mol. The van der Waals surface area contributed by atoms with Crippen LogP contribution in [-0.4, -0.2) is 18.1 Å². The number of carbonyl (C=O) groups is 1. The van der Waals surface area contributed by atoms with Crippen molar-refractivity contribution >= 4 is 6.47 Å². The van der Waals surface area contributed by atoms with E-state index in [1.165, 1.54) is 0 Å². The third kappa shape index (κ3) is 2.32. The zero-order chi connectivity index (χ0) is 8.81. The van der Waals surface area contributed by atoms with E-state index >= 15 is 0 Å². The first-order valence-corrected chi connectivity index (χ1v) is 3.55. The van der Waals surface area contributed by atoms with Gasteiger partial charge >= 0.3 is 0 Å². The number of pyridine rings is 1. The van der Waals surface area contributed by atoms with E-state index in [1.807, 2.05) is 0 Å². The first kappa shape index (κ1) is 8.67. The lowest BCUT2D eigenvalue weighted by atomic mass is 10.1. The van der Waals surface area contributed by atoms with Crippen molar-refractivity contribution in [2.45, 2.75) is 6.04 Å². The highest BCUT2D eigenvalue weighted by atomic mass is 16.5. The van der Waals surface area contributed by atoms with Crippen LogP contribution in [-0.2, 0) is 9.53 Å². The van der Waals surface area contributed by atoms with Gasteiger partial charge in [-0.25, -0.2) is 0 Å². The van der Waals surface area contributed by atoms with Crippen LogP contribution in [0.1, 0.15) is 11.6 Å². The molecule has 0 aromatic carbocycles. The summed E-state index contributed by atoms with van der Waals surface area (Å²) in [7, 11) is 0. The Hall–Kier alpha value is -1.42. The average Bonchev–Trinajstić information content (AvgIpc) is 2.15. The van der Waals surface area contributed by atoms with Crippen molar-refractivity contribution in [2.75, 3.05) is 6.61 Å². The van der Waals surface area contributed by atoms with Gasteiger partial charge in [-0.2, -0.15) is 0 Å². The van der Waals surface area contributed by atoms with Gasteiger partial charge in [-0.05, 0) is 17.7 Å². The molecule has 0 saturated carbocycles. The highest BCUT2D eigenvalue weighted by Gasteiger charge is 2.04. The lowest BCUT2D eigenvalue weighted by Crippen LogP contribution is -2.16. The number of hydrogen-bond donors (Lipinski definition) is 1. The predicted octanol–water partition coefficient (Wildman–Crippen LogP) is 0.254. The lowest BCUT2D eigenvalue weighted by molar-refractivity contribution is -0.129. The van der Waals surface area contributed by atoms with Gasteiger partial charge < -0.3 is 10.5 Å². The number of nitrogens with two attached hydrogens (primary N) is 1. The molecule has 0 aliphatic rings. The summed E-state index contributed by atoms with van der Waals surface area (Å²) in [6.07, 6.45) is 3.30. The molecular formula is C8H10N2O2. The lowest BCUT2D eigenvalue weighted by Gasteiger charge is -2.08. The number of nitrogens with zero attached hydrogens (tertiary/aromatic N) is 1. The van der Waals surface area contributed by atoms with Gasteiger partial charge in [-0.15, -0.1) is 0 Å². The second kappa shape index (κ2) is 4.46. The van der Waals surface area contributed by atoms with Gasteiger partial charge in [0.25, 0.3) is 6.47 Å². The molecule has 0 bridgehead atoms. The van der Waals surface area contributed by atoms with Gasteiger partial charge in [-0.3, -0.25) is 9.78 Å². The minimum atomic E-state index is -0.266. The molecule has 1 atom stereocenters. The number of aromatic nitrogens is 1. The fraction of sp³-hybridized carbons (Fsp3) is 0.250. The Morgan fingerprint density at radius 1 is 1.58 bits per heavy atom. The van der Waals surface area contributed by atoms with Crippen molar-refractivity contribution in [3.05, 3.63) is 30.1 Å². The summed E-state index contributed by atoms with van der Waals surface area (Å²) in [6, 6.07) is 3.32. The van der Waals surface area contributed by atoms with E-state index in [-0.39, 0.29) is 12.6 Å². The zero-order valence-electron chi connectivity index (χ0n) is 6.51. The smallest absolute Gasteiger partial charge is 0.293 e. The fourth-order valence-electron chi connectivity index (χ4n) is 0.850. The Morgan fingerprint density at radius 3 is 2.83 bits per heavy atom. The summed E-state index contributed by atoms with van der Waals surface area (Å²) in [5.41, 5.74) is 6.58. The summed E-state index contributed by atoms with van der Waals surface area (Å²) < 4.78 is 4.52. The largest absolute Gasteiger partial charge is 0.466 e. The number of hydrogen-bond acceptors (Lipinski definition) is 4. The molecule has 1 rings (SSSR count). The van der Waals surface area contributed by atoms with E-state index in [1.54, 1.807) is 24.5 Å². The third-order valence-corrected chi connectivity index (χ3v) is 1.48. The van der Waals surface area contributed by atoms with Crippen molar-refractivity contribution in [2.24, 2.45) is 5.73 Å². The molecule has 64 valence electrons. The van der Waals surface area contributed by atoms with E-state index < -0.39 is 0 Å². The quantitative estimate of drug-likeness (QED) is 0.651. The normalized spacial score (nSPS) is 12.1. The van der Waals surface area contributed by atoms with E-state index in [9.17, 15) is 4.79 Å². The van der Waals surface area contributed by atoms with Crippen molar-refractivity contribution in [3.8, 4) is 0 Å². The Morgan fingerprint density at radius 2 is 2.25 bits per heavy atom. The predicted molar refractivity (Wildman–Crippen MR) is 43.2 cm³/mol. The third-order valence-electron chi connectivity index (χ3n) is 1.48. The summed E-state index contributed by atoms with van der Waals surface area (Å²) in [4.78, 5) is 13.7. The molecule has 12 heavy (non-hydrogen) atoms. The van der Waals surface area contributed by atoms with Crippen LogP contribution in [0.15, 0.2) is 24.5 Å². The minimum Gasteiger partial charge on any atom is -0.466 e. The van der Waals surface area contributed by atoms with Gasteiger partial charge in [0, 0.05) is 12.4 Å².